The number of pyridine rings is 3. The Hall–Kier alpha value is -4.24. The molecule has 0 saturated carbocycles. The monoisotopic (exact) mass is 742 g/mol. The van der Waals surface area contributed by atoms with Crippen molar-refractivity contribution in [3.63, 3.8) is 0 Å². The maximum absolute atomic E-state index is 4.40. The maximum Gasteiger partial charge on any atom is 0.0702 e. The summed E-state index contributed by atoms with van der Waals surface area (Å²) in [6, 6.07) is 47.0. The first-order valence-electron chi connectivity index (χ1n) is 14.8. The second-order valence-electron chi connectivity index (χ2n) is 9.89. The summed E-state index contributed by atoms with van der Waals surface area (Å²) in [7, 11) is 0. The predicted octanol–water partition coefficient (Wildman–Crippen LogP) is 10.4. The molecule has 0 aliphatic carbocycles. The Bertz CT molecular complexity index is 1380. The van der Waals surface area contributed by atoms with E-state index in [1.807, 2.05) is 104 Å². The SMILES string of the molecule is CCCCCCc1cccc(-c2ccccn2)c1.[Ir].c1ccc(-c2ccccn2)cc1.c1ccc(-c2ccccn2)cc1. The smallest absolute Gasteiger partial charge is 0.0702 e. The molecule has 4 heteroatoms. The largest absolute Gasteiger partial charge is 0.256 e. The zero-order valence-corrected chi connectivity index (χ0v) is 27.1. The fraction of sp³-hybridized carbons (Fsp3) is 0.154. The van der Waals surface area contributed by atoms with Crippen LogP contribution in [0.25, 0.3) is 33.8 Å². The standard InChI is InChI=1S/C17H21N.2C11H9N.Ir/c1-2-3-4-5-9-15-10-8-11-16(14-15)17-12-6-7-13-18-17;2*1-2-6-10(7-3-1)11-8-4-5-9-12-11;/h6-8,10-14H,2-5,9H2,1H3;2*1-9H;. The zero-order chi connectivity index (χ0) is 29.1. The van der Waals surface area contributed by atoms with E-state index in [1.54, 1.807) is 0 Å². The molecule has 0 unspecified atom stereocenters. The summed E-state index contributed by atoms with van der Waals surface area (Å²) in [6.07, 6.45) is 11.9. The predicted molar refractivity (Wildman–Crippen MR) is 177 cm³/mol. The third kappa shape index (κ3) is 11.9. The van der Waals surface area contributed by atoms with Crippen LogP contribution in [-0.4, -0.2) is 15.0 Å². The molecule has 219 valence electrons. The Morgan fingerprint density at radius 3 is 1.30 bits per heavy atom. The van der Waals surface area contributed by atoms with Crippen LogP contribution in [0.2, 0.25) is 0 Å². The van der Waals surface area contributed by atoms with Gasteiger partial charge in [0.1, 0.15) is 0 Å². The number of hydrogen-bond acceptors (Lipinski definition) is 3. The third-order valence-electron chi connectivity index (χ3n) is 6.68. The van der Waals surface area contributed by atoms with Crippen LogP contribution in [0, 0.1) is 0 Å². The molecule has 0 aliphatic heterocycles. The van der Waals surface area contributed by atoms with Gasteiger partial charge in [-0.3, -0.25) is 15.0 Å². The number of unbranched alkanes of at least 4 members (excludes halogenated alkanes) is 3. The van der Waals surface area contributed by atoms with Gasteiger partial charge in [0.2, 0.25) is 0 Å². The van der Waals surface area contributed by atoms with Gasteiger partial charge in [-0.1, -0.05) is 123 Å². The Morgan fingerprint density at radius 2 is 0.860 bits per heavy atom. The minimum Gasteiger partial charge on any atom is -0.256 e. The van der Waals surface area contributed by atoms with E-state index in [0.717, 1.165) is 28.2 Å². The molecule has 0 bridgehead atoms. The van der Waals surface area contributed by atoms with Gasteiger partial charge in [0.25, 0.3) is 0 Å². The number of rotatable bonds is 8. The molecule has 0 saturated heterocycles. The molecule has 0 N–H and O–H groups in total. The van der Waals surface area contributed by atoms with Crippen molar-refractivity contribution in [1.82, 2.24) is 15.0 Å². The summed E-state index contributed by atoms with van der Waals surface area (Å²) in [4.78, 5) is 12.9. The summed E-state index contributed by atoms with van der Waals surface area (Å²) in [5.41, 5.74) is 8.10. The van der Waals surface area contributed by atoms with Gasteiger partial charge in [0.05, 0.1) is 17.1 Å². The van der Waals surface area contributed by atoms with Gasteiger partial charge in [0.15, 0.2) is 0 Å². The first-order chi connectivity index (χ1) is 20.8. The zero-order valence-electron chi connectivity index (χ0n) is 24.7. The molecule has 3 nitrogen and oxygen atoms in total. The van der Waals surface area contributed by atoms with Crippen LogP contribution in [-0.2, 0) is 26.5 Å². The molecule has 0 fully saturated rings. The molecular weight excluding hydrogens is 703 g/mol. The molecule has 3 aromatic carbocycles. The molecular formula is C39H39IrN3. The van der Waals surface area contributed by atoms with Crippen LogP contribution in [0.3, 0.4) is 0 Å². The van der Waals surface area contributed by atoms with E-state index < -0.39 is 0 Å². The van der Waals surface area contributed by atoms with E-state index >= 15 is 0 Å². The molecule has 0 aliphatic rings. The summed E-state index contributed by atoms with van der Waals surface area (Å²) in [6.45, 7) is 2.25. The van der Waals surface area contributed by atoms with Crippen LogP contribution in [0.4, 0.5) is 0 Å². The molecule has 6 rings (SSSR count). The molecule has 6 aromatic rings. The van der Waals surface area contributed by atoms with Gasteiger partial charge in [-0.25, -0.2) is 0 Å². The van der Waals surface area contributed by atoms with Crippen molar-refractivity contribution < 1.29 is 20.1 Å². The van der Waals surface area contributed by atoms with E-state index in [-0.39, 0.29) is 20.1 Å². The second-order valence-corrected chi connectivity index (χ2v) is 9.89. The van der Waals surface area contributed by atoms with Crippen molar-refractivity contribution in [2.45, 2.75) is 39.0 Å². The minimum absolute atomic E-state index is 0. The number of aryl methyl sites for hydroxylation is 1. The summed E-state index contributed by atoms with van der Waals surface area (Å²) < 4.78 is 0. The van der Waals surface area contributed by atoms with Crippen molar-refractivity contribution in [3.8, 4) is 33.8 Å². The van der Waals surface area contributed by atoms with E-state index in [2.05, 4.69) is 76.5 Å². The third-order valence-corrected chi connectivity index (χ3v) is 6.68. The molecule has 3 aromatic heterocycles. The van der Waals surface area contributed by atoms with Crippen LogP contribution in [0.1, 0.15) is 38.2 Å². The van der Waals surface area contributed by atoms with Gasteiger partial charge >= 0.3 is 0 Å². The van der Waals surface area contributed by atoms with E-state index in [4.69, 9.17) is 0 Å². The van der Waals surface area contributed by atoms with Crippen LogP contribution >= 0.6 is 0 Å². The van der Waals surface area contributed by atoms with Crippen LogP contribution in [0.15, 0.2) is 158 Å². The van der Waals surface area contributed by atoms with Crippen molar-refractivity contribution in [1.29, 1.82) is 0 Å². The fourth-order valence-corrected chi connectivity index (χ4v) is 4.46. The first-order valence-corrected chi connectivity index (χ1v) is 14.8. The molecule has 0 spiro atoms. The first kappa shape index (κ1) is 33.3. The van der Waals surface area contributed by atoms with E-state index in [0.29, 0.717) is 0 Å². The van der Waals surface area contributed by atoms with Gasteiger partial charge in [-0.2, -0.15) is 0 Å². The van der Waals surface area contributed by atoms with Crippen molar-refractivity contribution in [2.24, 2.45) is 0 Å². The summed E-state index contributed by atoms with van der Waals surface area (Å²) in [5.74, 6) is 0. The minimum atomic E-state index is 0. The topological polar surface area (TPSA) is 38.7 Å². The average Bonchev–Trinajstić information content (AvgIpc) is 3.09. The van der Waals surface area contributed by atoms with Crippen LogP contribution in [0.5, 0.6) is 0 Å². The molecule has 0 amide bonds. The van der Waals surface area contributed by atoms with Gasteiger partial charge in [-0.05, 0) is 60.9 Å². The van der Waals surface area contributed by atoms with Crippen LogP contribution < -0.4 is 0 Å². The normalized spacial score (nSPS) is 9.79. The maximum atomic E-state index is 4.40. The van der Waals surface area contributed by atoms with E-state index in [9.17, 15) is 0 Å². The van der Waals surface area contributed by atoms with Gasteiger partial charge in [-0.15, -0.1) is 0 Å². The Kier molecular flexibility index (Phi) is 15.3. The van der Waals surface area contributed by atoms with Crippen molar-refractivity contribution in [3.05, 3.63) is 164 Å². The molecule has 1 radical (unpaired) electrons. The summed E-state index contributed by atoms with van der Waals surface area (Å²) in [5, 5.41) is 0. The second kappa shape index (κ2) is 19.8. The Labute approximate surface area is 270 Å². The average molecular weight is 742 g/mol. The van der Waals surface area contributed by atoms with Gasteiger partial charge < -0.3 is 0 Å². The quantitative estimate of drug-likeness (QED) is 0.146. The fourth-order valence-electron chi connectivity index (χ4n) is 4.46. The number of benzene rings is 3. The Balaban J connectivity index is 0.000000180. The molecule has 3 heterocycles. The van der Waals surface area contributed by atoms with Crippen molar-refractivity contribution in [2.75, 3.05) is 0 Å². The van der Waals surface area contributed by atoms with Crippen molar-refractivity contribution >= 4 is 0 Å². The van der Waals surface area contributed by atoms with E-state index in [1.165, 1.54) is 43.2 Å². The molecule has 43 heavy (non-hydrogen) atoms. The summed E-state index contributed by atoms with van der Waals surface area (Å²) >= 11 is 0. The molecule has 0 atom stereocenters. The number of nitrogens with zero attached hydrogens (tertiary/aromatic N) is 3. The number of hydrogen-bond donors (Lipinski definition) is 0. The Morgan fingerprint density at radius 1 is 0.419 bits per heavy atom. The van der Waals surface area contributed by atoms with Gasteiger partial charge in [0, 0.05) is 55.4 Å². The number of aromatic nitrogens is 3.